The van der Waals surface area contributed by atoms with Crippen molar-refractivity contribution in [3.63, 3.8) is 0 Å². The molecule has 0 aliphatic heterocycles. The highest BCUT2D eigenvalue weighted by molar-refractivity contribution is 7.09. The van der Waals surface area contributed by atoms with Crippen LogP contribution in [0.1, 0.15) is 18.7 Å². The van der Waals surface area contributed by atoms with Crippen LogP contribution < -0.4 is 5.32 Å². The summed E-state index contributed by atoms with van der Waals surface area (Å²) in [5.74, 6) is 0. The summed E-state index contributed by atoms with van der Waals surface area (Å²) < 4.78 is 5.57. The summed E-state index contributed by atoms with van der Waals surface area (Å²) in [6.07, 6.45) is 3.21. The number of thiazole rings is 1. The van der Waals surface area contributed by atoms with Crippen molar-refractivity contribution in [1.29, 1.82) is 0 Å². The number of nitrogens with zero attached hydrogens (tertiary/aromatic N) is 1. The fraction of sp³-hybridized carbons (Fsp3) is 0.700. The van der Waals surface area contributed by atoms with Gasteiger partial charge in [-0.25, -0.2) is 0 Å². The molecule has 1 atom stereocenters. The van der Waals surface area contributed by atoms with Gasteiger partial charge in [0, 0.05) is 23.5 Å². The minimum absolute atomic E-state index is 0.298. The highest BCUT2D eigenvalue weighted by Crippen LogP contribution is 2.09. The normalized spacial score (nSPS) is 13.4. The zero-order valence-corrected chi connectivity index (χ0v) is 9.80. The Hall–Kier alpha value is -0.450. The Morgan fingerprint density at radius 1 is 1.57 bits per heavy atom. The first-order valence-electron chi connectivity index (χ1n) is 4.88. The van der Waals surface area contributed by atoms with Crippen LogP contribution in [-0.2, 0) is 11.2 Å². The van der Waals surface area contributed by atoms with Crippen molar-refractivity contribution in [1.82, 2.24) is 10.3 Å². The first-order chi connectivity index (χ1) is 6.72. The third kappa shape index (κ3) is 4.17. The molecule has 0 saturated heterocycles. The molecule has 4 heteroatoms. The molecule has 3 nitrogen and oxygen atoms in total. The van der Waals surface area contributed by atoms with E-state index in [1.165, 1.54) is 4.88 Å². The maximum atomic E-state index is 5.57. The van der Waals surface area contributed by atoms with Gasteiger partial charge in [0.25, 0.3) is 0 Å². The van der Waals surface area contributed by atoms with E-state index in [0.29, 0.717) is 12.1 Å². The molecule has 0 bridgehead atoms. The van der Waals surface area contributed by atoms with E-state index in [0.717, 1.165) is 13.0 Å². The monoisotopic (exact) mass is 214 g/mol. The van der Waals surface area contributed by atoms with Crippen LogP contribution in [0, 0.1) is 0 Å². The van der Waals surface area contributed by atoms with Gasteiger partial charge in [0.1, 0.15) is 0 Å². The summed E-state index contributed by atoms with van der Waals surface area (Å²) in [6.45, 7) is 4.87. The average molecular weight is 214 g/mol. The van der Waals surface area contributed by atoms with Gasteiger partial charge in [-0.3, -0.25) is 4.98 Å². The minimum atomic E-state index is 0.298. The van der Waals surface area contributed by atoms with Crippen molar-refractivity contribution in [2.24, 2.45) is 0 Å². The molecule has 1 rings (SSSR count). The SMILES string of the molecule is CNC(COC(C)C)Cc1cncs1. The Morgan fingerprint density at radius 3 is 2.86 bits per heavy atom. The van der Waals surface area contributed by atoms with Crippen LogP contribution >= 0.6 is 11.3 Å². The minimum Gasteiger partial charge on any atom is -0.377 e. The number of ether oxygens (including phenoxy) is 1. The Morgan fingerprint density at radius 2 is 2.36 bits per heavy atom. The second-order valence-corrected chi connectivity index (χ2v) is 4.51. The highest BCUT2D eigenvalue weighted by Gasteiger charge is 2.09. The van der Waals surface area contributed by atoms with Crippen molar-refractivity contribution in [3.8, 4) is 0 Å². The van der Waals surface area contributed by atoms with E-state index in [1.54, 1.807) is 11.3 Å². The van der Waals surface area contributed by atoms with Gasteiger partial charge >= 0.3 is 0 Å². The van der Waals surface area contributed by atoms with E-state index < -0.39 is 0 Å². The largest absolute Gasteiger partial charge is 0.377 e. The number of hydrogen-bond acceptors (Lipinski definition) is 4. The molecule has 0 aromatic carbocycles. The van der Waals surface area contributed by atoms with Crippen molar-refractivity contribution in [3.05, 3.63) is 16.6 Å². The van der Waals surface area contributed by atoms with E-state index in [4.69, 9.17) is 4.74 Å². The van der Waals surface area contributed by atoms with Gasteiger partial charge in [0.05, 0.1) is 18.2 Å². The number of hydrogen-bond donors (Lipinski definition) is 1. The lowest BCUT2D eigenvalue weighted by molar-refractivity contribution is 0.0629. The van der Waals surface area contributed by atoms with E-state index in [-0.39, 0.29) is 0 Å². The van der Waals surface area contributed by atoms with Gasteiger partial charge in [-0.15, -0.1) is 11.3 Å². The van der Waals surface area contributed by atoms with Crippen LogP contribution in [0.15, 0.2) is 11.7 Å². The van der Waals surface area contributed by atoms with Crippen LogP contribution in [0.2, 0.25) is 0 Å². The van der Waals surface area contributed by atoms with Crippen molar-refractivity contribution in [2.45, 2.75) is 32.4 Å². The smallest absolute Gasteiger partial charge is 0.0794 e. The quantitative estimate of drug-likeness (QED) is 0.782. The fourth-order valence-corrected chi connectivity index (χ4v) is 1.81. The molecular formula is C10H18N2OS. The Bertz CT molecular complexity index is 236. The molecule has 0 aliphatic rings. The summed E-state index contributed by atoms with van der Waals surface area (Å²) in [4.78, 5) is 5.36. The molecule has 1 aromatic rings. The summed E-state index contributed by atoms with van der Waals surface area (Å²) in [5, 5.41) is 3.25. The average Bonchev–Trinajstić information content (AvgIpc) is 2.64. The molecule has 1 aromatic heterocycles. The molecule has 1 unspecified atom stereocenters. The predicted octanol–water partition coefficient (Wildman–Crippen LogP) is 1.70. The lowest BCUT2D eigenvalue weighted by atomic mass is 10.2. The lowest BCUT2D eigenvalue weighted by Crippen LogP contribution is -2.33. The van der Waals surface area contributed by atoms with Crippen molar-refractivity contribution in [2.75, 3.05) is 13.7 Å². The second-order valence-electron chi connectivity index (χ2n) is 3.54. The molecule has 1 N–H and O–H groups in total. The zero-order chi connectivity index (χ0) is 10.4. The molecule has 0 amide bonds. The Labute approximate surface area is 89.5 Å². The van der Waals surface area contributed by atoms with Crippen LogP contribution in [0.3, 0.4) is 0 Å². The molecule has 0 radical (unpaired) electrons. The first kappa shape index (κ1) is 11.6. The van der Waals surface area contributed by atoms with Crippen molar-refractivity contribution < 1.29 is 4.74 Å². The molecule has 0 fully saturated rings. The number of aromatic nitrogens is 1. The molecule has 1 heterocycles. The molecule has 0 spiro atoms. The van der Waals surface area contributed by atoms with Gasteiger partial charge in [-0.1, -0.05) is 0 Å². The maximum absolute atomic E-state index is 5.57. The maximum Gasteiger partial charge on any atom is 0.0794 e. The van der Waals surface area contributed by atoms with Gasteiger partial charge in [0.2, 0.25) is 0 Å². The van der Waals surface area contributed by atoms with Crippen LogP contribution in [0.4, 0.5) is 0 Å². The third-order valence-electron chi connectivity index (χ3n) is 1.97. The molecule has 0 saturated carbocycles. The van der Waals surface area contributed by atoms with E-state index in [2.05, 4.69) is 24.1 Å². The molecular weight excluding hydrogens is 196 g/mol. The number of rotatable bonds is 6. The summed E-state index contributed by atoms with van der Waals surface area (Å²) in [5.41, 5.74) is 1.87. The van der Waals surface area contributed by atoms with Crippen LogP contribution in [0.25, 0.3) is 0 Å². The van der Waals surface area contributed by atoms with Gasteiger partial charge in [-0.05, 0) is 20.9 Å². The van der Waals surface area contributed by atoms with Crippen LogP contribution in [-0.4, -0.2) is 30.8 Å². The van der Waals surface area contributed by atoms with Gasteiger partial charge < -0.3 is 10.1 Å². The fourth-order valence-electron chi connectivity index (χ4n) is 1.14. The summed E-state index contributed by atoms with van der Waals surface area (Å²) >= 11 is 1.69. The summed E-state index contributed by atoms with van der Waals surface area (Å²) in [7, 11) is 1.97. The number of nitrogens with one attached hydrogen (secondary N) is 1. The second kappa shape index (κ2) is 6.11. The number of likely N-dealkylation sites (N-methyl/N-ethyl adjacent to an activating group) is 1. The highest BCUT2D eigenvalue weighted by atomic mass is 32.1. The first-order valence-corrected chi connectivity index (χ1v) is 5.76. The van der Waals surface area contributed by atoms with E-state index in [9.17, 15) is 0 Å². The predicted molar refractivity (Wildman–Crippen MR) is 59.8 cm³/mol. The Balaban J connectivity index is 2.32. The topological polar surface area (TPSA) is 34.1 Å². The van der Waals surface area contributed by atoms with Gasteiger partial charge in [-0.2, -0.15) is 0 Å². The molecule has 0 aliphatic carbocycles. The lowest BCUT2D eigenvalue weighted by Gasteiger charge is -2.16. The molecule has 80 valence electrons. The molecule has 14 heavy (non-hydrogen) atoms. The zero-order valence-electron chi connectivity index (χ0n) is 8.99. The third-order valence-corrected chi connectivity index (χ3v) is 2.77. The van der Waals surface area contributed by atoms with Crippen LogP contribution in [0.5, 0.6) is 0 Å². The van der Waals surface area contributed by atoms with E-state index in [1.807, 2.05) is 18.8 Å². The summed E-state index contributed by atoms with van der Waals surface area (Å²) in [6, 6.07) is 0.387. The Kier molecular flexibility index (Phi) is 5.07. The van der Waals surface area contributed by atoms with E-state index >= 15 is 0 Å². The standard InChI is InChI=1S/C10H18N2OS/c1-8(2)13-6-9(11-3)4-10-5-12-7-14-10/h5,7-9,11H,4,6H2,1-3H3. The van der Waals surface area contributed by atoms with Gasteiger partial charge in [0.15, 0.2) is 0 Å². The van der Waals surface area contributed by atoms with Crippen molar-refractivity contribution >= 4 is 11.3 Å².